The molecular weight excluding hydrogens is 314 g/mol. The van der Waals surface area contributed by atoms with Gasteiger partial charge in [-0.2, -0.15) is 0 Å². The normalized spacial score (nSPS) is 13.5. The van der Waals surface area contributed by atoms with Crippen LogP contribution in [0.4, 0.5) is 0 Å². The number of carboxylic acids is 1. The second-order valence-electron chi connectivity index (χ2n) is 4.29. The van der Waals surface area contributed by atoms with E-state index in [4.69, 9.17) is 9.84 Å². The van der Waals surface area contributed by atoms with Crippen molar-refractivity contribution in [1.29, 1.82) is 0 Å². The highest BCUT2D eigenvalue weighted by atomic mass is 79.9. The first kappa shape index (κ1) is 15.5. The van der Waals surface area contributed by atoms with Crippen molar-refractivity contribution in [3.05, 3.63) is 28.2 Å². The summed E-state index contributed by atoms with van der Waals surface area (Å²) in [6, 6.07) is 4.93. The highest BCUT2D eigenvalue weighted by molar-refractivity contribution is 9.10. The summed E-state index contributed by atoms with van der Waals surface area (Å²) < 4.78 is 5.89. The molecule has 0 aliphatic rings. The number of hydrogen-bond acceptors (Lipinski definition) is 3. The summed E-state index contributed by atoms with van der Waals surface area (Å²) in [6.07, 6.45) is 0.285. The van der Waals surface area contributed by atoms with Crippen LogP contribution in [0.5, 0.6) is 5.75 Å². The molecule has 6 heteroatoms. The molecular formula is C13H16BrNO4. The molecule has 0 saturated heterocycles. The van der Waals surface area contributed by atoms with Crippen LogP contribution in [0.15, 0.2) is 22.7 Å². The molecule has 104 valence electrons. The molecule has 0 aromatic heterocycles. The summed E-state index contributed by atoms with van der Waals surface area (Å²) in [6.45, 7) is 3.17. The van der Waals surface area contributed by atoms with Gasteiger partial charge >= 0.3 is 5.97 Å². The number of ether oxygens (including phenoxy) is 1. The number of carbonyl (C=O) groups is 2. The molecule has 5 nitrogen and oxygen atoms in total. The fraction of sp³-hybridized carbons (Fsp3) is 0.385. The molecule has 0 saturated carbocycles. The topological polar surface area (TPSA) is 75.6 Å². The molecule has 0 aliphatic carbocycles. The van der Waals surface area contributed by atoms with E-state index in [0.29, 0.717) is 11.3 Å². The number of carbonyl (C=O) groups excluding carboxylic acids is 1. The Kier molecular flexibility index (Phi) is 4.94. The zero-order valence-electron chi connectivity index (χ0n) is 11.0. The molecule has 1 aromatic carbocycles. The van der Waals surface area contributed by atoms with E-state index in [0.717, 1.165) is 4.47 Å². The van der Waals surface area contributed by atoms with Crippen molar-refractivity contribution in [2.24, 2.45) is 0 Å². The SMILES string of the molecule is CCC(C)(NC(=O)c1ccc(Br)cc1OC)C(=O)O. The first-order valence-corrected chi connectivity index (χ1v) is 6.52. The largest absolute Gasteiger partial charge is 0.496 e. The quantitative estimate of drug-likeness (QED) is 0.869. The summed E-state index contributed by atoms with van der Waals surface area (Å²) in [5.74, 6) is -1.16. The van der Waals surface area contributed by atoms with Gasteiger partial charge in [0.15, 0.2) is 0 Å². The molecule has 1 rings (SSSR count). The van der Waals surface area contributed by atoms with E-state index in [1.807, 2.05) is 0 Å². The third-order valence-corrected chi connectivity index (χ3v) is 3.47. The Morgan fingerprint density at radius 3 is 2.58 bits per heavy atom. The van der Waals surface area contributed by atoms with Gasteiger partial charge in [0.05, 0.1) is 12.7 Å². The number of amides is 1. The first-order valence-electron chi connectivity index (χ1n) is 5.73. The third kappa shape index (κ3) is 3.47. The van der Waals surface area contributed by atoms with Crippen LogP contribution < -0.4 is 10.1 Å². The maximum Gasteiger partial charge on any atom is 0.329 e. The lowest BCUT2D eigenvalue weighted by Gasteiger charge is -2.25. The van der Waals surface area contributed by atoms with E-state index in [-0.39, 0.29) is 6.42 Å². The zero-order valence-corrected chi connectivity index (χ0v) is 12.6. The summed E-state index contributed by atoms with van der Waals surface area (Å²) in [5.41, 5.74) is -0.999. The summed E-state index contributed by atoms with van der Waals surface area (Å²) >= 11 is 3.28. The van der Waals surface area contributed by atoms with Gasteiger partial charge in [0.2, 0.25) is 0 Å². The van der Waals surface area contributed by atoms with Gasteiger partial charge < -0.3 is 15.2 Å². The monoisotopic (exact) mass is 329 g/mol. The van der Waals surface area contributed by atoms with E-state index in [1.54, 1.807) is 25.1 Å². The highest BCUT2D eigenvalue weighted by Gasteiger charge is 2.33. The molecule has 0 fully saturated rings. The summed E-state index contributed by atoms with van der Waals surface area (Å²) in [5, 5.41) is 11.7. The Bertz CT molecular complexity index is 503. The number of carboxylic acid groups (broad SMARTS) is 1. The van der Waals surface area contributed by atoms with Crippen LogP contribution in [0.3, 0.4) is 0 Å². The molecule has 1 amide bonds. The summed E-state index contributed by atoms with van der Waals surface area (Å²) in [4.78, 5) is 23.3. The molecule has 0 radical (unpaired) electrons. The number of nitrogens with one attached hydrogen (secondary N) is 1. The maximum absolute atomic E-state index is 12.1. The Morgan fingerprint density at radius 1 is 1.47 bits per heavy atom. The van der Waals surface area contributed by atoms with Crippen LogP contribution in [0.2, 0.25) is 0 Å². The molecule has 2 N–H and O–H groups in total. The Morgan fingerprint density at radius 2 is 2.11 bits per heavy atom. The maximum atomic E-state index is 12.1. The zero-order chi connectivity index (χ0) is 14.6. The van der Waals surface area contributed by atoms with Crippen LogP contribution >= 0.6 is 15.9 Å². The smallest absolute Gasteiger partial charge is 0.329 e. The van der Waals surface area contributed by atoms with Crippen LogP contribution in [0.1, 0.15) is 30.6 Å². The van der Waals surface area contributed by atoms with Crippen molar-refractivity contribution in [3.63, 3.8) is 0 Å². The minimum atomic E-state index is -1.30. The lowest BCUT2D eigenvalue weighted by atomic mass is 9.98. The second-order valence-corrected chi connectivity index (χ2v) is 5.21. The van der Waals surface area contributed by atoms with Crippen molar-refractivity contribution in [2.45, 2.75) is 25.8 Å². The van der Waals surface area contributed by atoms with E-state index < -0.39 is 17.4 Å². The van der Waals surface area contributed by atoms with E-state index >= 15 is 0 Å². The molecule has 0 aliphatic heterocycles. The average Bonchev–Trinajstić information content (AvgIpc) is 2.37. The van der Waals surface area contributed by atoms with Crippen LogP contribution in [0, 0.1) is 0 Å². The number of rotatable bonds is 5. The van der Waals surface area contributed by atoms with Gasteiger partial charge in [0.25, 0.3) is 5.91 Å². The Hall–Kier alpha value is -1.56. The standard InChI is InChI=1S/C13H16BrNO4/c1-4-13(2,12(17)18)15-11(16)9-6-5-8(14)7-10(9)19-3/h5-7H,4H2,1-3H3,(H,15,16)(H,17,18). The Labute approximate surface area is 120 Å². The van der Waals surface area contributed by atoms with Gasteiger partial charge in [-0.25, -0.2) is 4.79 Å². The number of halogens is 1. The van der Waals surface area contributed by atoms with Gasteiger partial charge in [0.1, 0.15) is 11.3 Å². The molecule has 1 unspecified atom stereocenters. The van der Waals surface area contributed by atoms with Crippen LogP contribution in [-0.4, -0.2) is 29.6 Å². The number of benzene rings is 1. The van der Waals surface area contributed by atoms with Gasteiger partial charge in [0, 0.05) is 4.47 Å². The van der Waals surface area contributed by atoms with Gasteiger partial charge in [-0.3, -0.25) is 4.79 Å². The second kappa shape index (κ2) is 6.06. The molecule has 0 heterocycles. The number of hydrogen-bond donors (Lipinski definition) is 2. The van der Waals surface area contributed by atoms with Crippen molar-refractivity contribution >= 4 is 27.8 Å². The van der Waals surface area contributed by atoms with Crippen molar-refractivity contribution in [2.75, 3.05) is 7.11 Å². The fourth-order valence-electron chi connectivity index (χ4n) is 1.46. The van der Waals surface area contributed by atoms with Crippen LogP contribution in [0.25, 0.3) is 0 Å². The molecule has 19 heavy (non-hydrogen) atoms. The molecule has 1 atom stereocenters. The number of methoxy groups -OCH3 is 1. The third-order valence-electron chi connectivity index (χ3n) is 2.98. The summed E-state index contributed by atoms with van der Waals surface area (Å²) in [7, 11) is 1.45. The lowest BCUT2D eigenvalue weighted by Crippen LogP contribution is -2.51. The van der Waals surface area contributed by atoms with E-state index in [2.05, 4.69) is 21.2 Å². The molecule has 1 aromatic rings. The van der Waals surface area contributed by atoms with E-state index in [1.165, 1.54) is 14.0 Å². The van der Waals surface area contributed by atoms with Gasteiger partial charge in [-0.1, -0.05) is 22.9 Å². The lowest BCUT2D eigenvalue weighted by molar-refractivity contribution is -0.143. The van der Waals surface area contributed by atoms with Crippen LogP contribution in [-0.2, 0) is 4.79 Å². The van der Waals surface area contributed by atoms with Crippen molar-refractivity contribution < 1.29 is 19.4 Å². The average molecular weight is 330 g/mol. The fourth-order valence-corrected chi connectivity index (χ4v) is 1.80. The minimum Gasteiger partial charge on any atom is -0.496 e. The van der Waals surface area contributed by atoms with Gasteiger partial charge in [-0.05, 0) is 31.5 Å². The predicted molar refractivity (Wildman–Crippen MR) is 74.5 cm³/mol. The molecule has 0 bridgehead atoms. The minimum absolute atomic E-state index is 0.285. The van der Waals surface area contributed by atoms with Crippen molar-refractivity contribution in [1.82, 2.24) is 5.32 Å². The predicted octanol–water partition coefficient (Wildman–Crippen LogP) is 2.44. The molecule has 0 spiro atoms. The highest BCUT2D eigenvalue weighted by Crippen LogP contribution is 2.24. The Balaban J connectivity index is 3.05. The van der Waals surface area contributed by atoms with E-state index in [9.17, 15) is 9.59 Å². The van der Waals surface area contributed by atoms with Gasteiger partial charge in [-0.15, -0.1) is 0 Å². The first-order chi connectivity index (χ1) is 8.84. The van der Waals surface area contributed by atoms with Crippen molar-refractivity contribution in [3.8, 4) is 5.75 Å². The number of aliphatic carboxylic acids is 1.